The van der Waals surface area contributed by atoms with E-state index >= 15 is 0 Å². The number of rotatable bonds is 5. The Labute approximate surface area is 207 Å². The summed E-state index contributed by atoms with van der Waals surface area (Å²) in [5.41, 5.74) is 1.44. The van der Waals surface area contributed by atoms with Gasteiger partial charge in [-0.15, -0.1) is 0 Å². The average molecular weight is 500 g/mol. The SMILES string of the molecule is CC(=O)c1nn(C)cc1C1(O)CC2CC(c3ncn(C)c3C(=O)Nc3ccc(F)c(Cl)c3)CC2C1. The molecule has 1 aromatic carbocycles. The van der Waals surface area contributed by atoms with E-state index in [1.807, 2.05) is 0 Å². The average Bonchev–Trinajstić information content (AvgIpc) is 3.52. The lowest BCUT2D eigenvalue weighted by Gasteiger charge is -2.24. The van der Waals surface area contributed by atoms with Crippen molar-refractivity contribution in [2.45, 2.75) is 44.1 Å². The predicted octanol–water partition coefficient (Wildman–Crippen LogP) is 4.19. The van der Waals surface area contributed by atoms with E-state index in [2.05, 4.69) is 15.4 Å². The van der Waals surface area contributed by atoms with Gasteiger partial charge in [-0.25, -0.2) is 9.37 Å². The van der Waals surface area contributed by atoms with Gasteiger partial charge in [0.1, 0.15) is 17.2 Å². The molecule has 2 aliphatic rings. The molecule has 2 saturated carbocycles. The summed E-state index contributed by atoms with van der Waals surface area (Å²) in [6.45, 7) is 1.47. The van der Waals surface area contributed by atoms with E-state index in [9.17, 15) is 19.1 Å². The fraction of sp³-hybridized carbons (Fsp3) is 0.440. The fourth-order valence-electron chi connectivity index (χ4n) is 5.98. The number of Topliss-reactive ketones (excluding diaryl/α,β-unsaturated/α-hetero) is 1. The van der Waals surface area contributed by atoms with Crippen molar-refractivity contribution in [3.05, 3.63) is 64.2 Å². The Bertz CT molecular complexity index is 1320. The van der Waals surface area contributed by atoms with Crippen molar-refractivity contribution in [1.82, 2.24) is 19.3 Å². The Hall–Kier alpha value is -3.04. The number of amides is 1. The van der Waals surface area contributed by atoms with Crippen LogP contribution >= 0.6 is 11.6 Å². The molecule has 2 aromatic heterocycles. The number of nitrogens with zero attached hydrogens (tertiary/aromatic N) is 4. The predicted molar refractivity (Wildman–Crippen MR) is 128 cm³/mol. The van der Waals surface area contributed by atoms with Crippen LogP contribution in [0.15, 0.2) is 30.7 Å². The maximum atomic E-state index is 13.5. The van der Waals surface area contributed by atoms with Crippen molar-refractivity contribution in [2.24, 2.45) is 25.9 Å². The topological polar surface area (TPSA) is 102 Å². The lowest BCUT2D eigenvalue weighted by molar-refractivity contribution is 0.0333. The Balaban J connectivity index is 1.34. The summed E-state index contributed by atoms with van der Waals surface area (Å²) in [7, 11) is 3.52. The molecule has 1 amide bonds. The summed E-state index contributed by atoms with van der Waals surface area (Å²) in [5.74, 6) is -0.467. The van der Waals surface area contributed by atoms with E-state index in [0.29, 0.717) is 35.5 Å². The second-order valence-corrected chi connectivity index (χ2v) is 10.3. The number of carbonyl (C=O) groups excluding carboxylic acids is 2. The molecule has 0 saturated heterocycles. The van der Waals surface area contributed by atoms with Gasteiger partial charge < -0.3 is 15.0 Å². The van der Waals surface area contributed by atoms with Gasteiger partial charge in [0.05, 0.1) is 22.6 Å². The van der Waals surface area contributed by atoms with Crippen LogP contribution in [-0.4, -0.2) is 36.1 Å². The van der Waals surface area contributed by atoms with Crippen LogP contribution in [0, 0.1) is 17.7 Å². The minimum Gasteiger partial charge on any atom is -0.385 e. The van der Waals surface area contributed by atoms with Crippen molar-refractivity contribution < 1.29 is 19.1 Å². The zero-order valence-corrected chi connectivity index (χ0v) is 20.5. The lowest BCUT2D eigenvalue weighted by atomic mass is 9.86. The second-order valence-electron chi connectivity index (χ2n) is 9.92. The number of halogens is 2. The van der Waals surface area contributed by atoms with Crippen LogP contribution in [0.3, 0.4) is 0 Å². The number of hydrogen-bond acceptors (Lipinski definition) is 5. The summed E-state index contributed by atoms with van der Waals surface area (Å²) in [6.07, 6.45) is 6.05. The number of benzene rings is 1. The highest BCUT2D eigenvalue weighted by atomic mass is 35.5. The molecular formula is C25H27ClFN5O3. The van der Waals surface area contributed by atoms with Gasteiger partial charge in [0.25, 0.3) is 5.91 Å². The molecule has 2 unspecified atom stereocenters. The third kappa shape index (κ3) is 4.16. The summed E-state index contributed by atoms with van der Waals surface area (Å²) in [4.78, 5) is 29.7. The lowest BCUT2D eigenvalue weighted by Crippen LogP contribution is -2.25. The number of anilines is 1. The summed E-state index contributed by atoms with van der Waals surface area (Å²) < 4.78 is 16.7. The van der Waals surface area contributed by atoms with E-state index in [1.54, 1.807) is 35.9 Å². The number of aliphatic hydroxyl groups is 1. The standard InChI is InChI=1S/C25H27ClFN5O3/c1-13(33)21-18(11-32(3)30-21)25(35)9-15-6-14(7-16(15)10-25)22-23(31(2)12-28-22)24(34)29-17-4-5-20(27)19(26)8-17/h4-5,8,11-12,14-16,35H,6-7,9-10H2,1-3H3,(H,29,34). The monoisotopic (exact) mass is 499 g/mol. The third-order valence-corrected chi connectivity index (χ3v) is 7.74. The number of hydrogen-bond donors (Lipinski definition) is 2. The molecule has 8 nitrogen and oxygen atoms in total. The number of aromatic nitrogens is 4. The molecule has 35 heavy (non-hydrogen) atoms. The van der Waals surface area contributed by atoms with Crippen molar-refractivity contribution in [2.75, 3.05) is 5.32 Å². The van der Waals surface area contributed by atoms with Crippen molar-refractivity contribution in [3.63, 3.8) is 0 Å². The van der Waals surface area contributed by atoms with Gasteiger partial charge in [-0.05, 0) is 55.7 Å². The molecule has 2 atom stereocenters. The summed E-state index contributed by atoms with van der Waals surface area (Å²) >= 11 is 5.85. The number of imidazole rings is 1. The maximum Gasteiger partial charge on any atom is 0.274 e. The molecular weight excluding hydrogens is 473 g/mol. The van der Waals surface area contributed by atoms with Gasteiger partial charge in [0.2, 0.25) is 0 Å². The molecule has 2 aliphatic carbocycles. The highest BCUT2D eigenvalue weighted by Crippen LogP contribution is 2.57. The van der Waals surface area contributed by atoms with Crippen LogP contribution in [0.25, 0.3) is 0 Å². The van der Waals surface area contributed by atoms with E-state index in [-0.39, 0.29) is 34.5 Å². The first-order chi connectivity index (χ1) is 16.6. The van der Waals surface area contributed by atoms with Crippen molar-refractivity contribution >= 4 is 29.0 Å². The molecule has 2 fully saturated rings. The second kappa shape index (κ2) is 8.57. The largest absolute Gasteiger partial charge is 0.385 e. The Morgan fingerprint density at radius 2 is 1.91 bits per heavy atom. The van der Waals surface area contributed by atoms with E-state index in [1.165, 1.54) is 25.1 Å². The maximum absolute atomic E-state index is 13.5. The van der Waals surface area contributed by atoms with Gasteiger partial charge in [-0.2, -0.15) is 5.10 Å². The number of carbonyl (C=O) groups is 2. The molecule has 2 heterocycles. The van der Waals surface area contributed by atoms with E-state index < -0.39 is 11.4 Å². The third-order valence-electron chi connectivity index (χ3n) is 7.45. The molecule has 184 valence electrons. The van der Waals surface area contributed by atoms with Gasteiger partial charge in [-0.1, -0.05) is 11.6 Å². The molecule has 2 N–H and O–H groups in total. The Morgan fingerprint density at radius 1 is 1.23 bits per heavy atom. The first-order valence-corrected chi connectivity index (χ1v) is 12.0. The minimum absolute atomic E-state index is 0.0642. The minimum atomic E-state index is -1.08. The normalized spacial score (nSPS) is 25.6. The van der Waals surface area contributed by atoms with E-state index in [4.69, 9.17) is 11.6 Å². The van der Waals surface area contributed by atoms with Crippen LogP contribution in [0.5, 0.6) is 0 Å². The quantitative estimate of drug-likeness (QED) is 0.512. The molecule has 0 radical (unpaired) electrons. The first-order valence-electron chi connectivity index (χ1n) is 11.6. The van der Waals surface area contributed by atoms with Crippen LogP contribution in [0.4, 0.5) is 10.1 Å². The highest BCUT2D eigenvalue weighted by molar-refractivity contribution is 6.31. The van der Waals surface area contributed by atoms with Crippen molar-refractivity contribution in [3.8, 4) is 0 Å². The smallest absolute Gasteiger partial charge is 0.274 e. The number of aryl methyl sites for hydroxylation is 2. The number of fused-ring (bicyclic) bond motifs is 1. The molecule has 10 heteroatoms. The van der Waals surface area contributed by atoms with Gasteiger partial charge in [-0.3, -0.25) is 14.3 Å². The molecule has 3 aromatic rings. The number of nitrogens with one attached hydrogen (secondary N) is 1. The fourth-order valence-corrected chi connectivity index (χ4v) is 6.16. The van der Waals surface area contributed by atoms with Crippen LogP contribution in [0.1, 0.15) is 70.8 Å². The summed E-state index contributed by atoms with van der Waals surface area (Å²) in [5, 5.41) is 18.5. The molecule has 0 spiro atoms. The van der Waals surface area contributed by atoms with Crippen LogP contribution in [0.2, 0.25) is 5.02 Å². The van der Waals surface area contributed by atoms with Crippen LogP contribution in [-0.2, 0) is 19.7 Å². The van der Waals surface area contributed by atoms with Crippen LogP contribution < -0.4 is 5.32 Å². The summed E-state index contributed by atoms with van der Waals surface area (Å²) in [6, 6.07) is 4.05. The molecule has 5 rings (SSSR count). The van der Waals surface area contributed by atoms with Gasteiger partial charge in [0, 0.05) is 44.4 Å². The Kier molecular flexibility index (Phi) is 5.80. The zero-order valence-electron chi connectivity index (χ0n) is 19.8. The van der Waals surface area contributed by atoms with Crippen molar-refractivity contribution in [1.29, 1.82) is 0 Å². The Morgan fingerprint density at radius 3 is 2.54 bits per heavy atom. The van der Waals surface area contributed by atoms with Gasteiger partial charge in [0.15, 0.2) is 5.78 Å². The molecule has 0 aliphatic heterocycles. The number of ketones is 1. The molecule has 0 bridgehead atoms. The zero-order chi connectivity index (χ0) is 25.1. The van der Waals surface area contributed by atoms with Gasteiger partial charge >= 0.3 is 0 Å². The first kappa shape index (κ1) is 23.7. The van der Waals surface area contributed by atoms with E-state index in [0.717, 1.165) is 18.5 Å². The highest BCUT2D eigenvalue weighted by Gasteiger charge is 2.52.